The standard InChI is InChI=1S/C10H21N.2C2H6/c1-9(2)8-10-6-4-5-7-11(10)3;2*1-2/h9-10H,4-8H2,1-3H3;2*1-2H3. The maximum Gasteiger partial charge on any atom is 0.00946 e. The molecule has 0 aromatic rings. The molecule has 0 bridgehead atoms. The molecule has 1 unspecified atom stereocenters. The van der Waals surface area contributed by atoms with Crippen molar-refractivity contribution in [2.24, 2.45) is 5.92 Å². The van der Waals surface area contributed by atoms with Crippen molar-refractivity contribution in [2.45, 2.75) is 73.3 Å². The third kappa shape index (κ3) is 8.92. The average molecular weight is 215 g/mol. The summed E-state index contributed by atoms with van der Waals surface area (Å²) in [4.78, 5) is 2.53. The van der Waals surface area contributed by atoms with Crippen LogP contribution in [0.3, 0.4) is 0 Å². The lowest BCUT2D eigenvalue weighted by Gasteiger charge is -2.33. The van der Waals surface area contributed by atoms with Crippen LogP contribution in [0.2, 0.25) is 0 Å². The Balaban J connectivity index is 0. The van der Waals surface area contributed by atoms with E-state index in [1.165, 1.54) is 32.2 Å². The van der Waals surface area contributed by atoms with Crippen LogP contribution in [0.1, 0.15) is 67.2 Å². The Morgan fingerprint density at radius 1 is 1.07 bits per heavy atom. The second-order valence-corrected chi connectivity index (χ2v) is 4.26. The van der Waals surface area contributed by atoms with Gasteiger partial charge in [0.2, 0.25) is 0 Å². The van der Waals surface area contributed by atoms with Crippen molar-refractivity contribution < 1.29 is 0 Å². The molecule has 0 aromatic carbocycles. The maximum atomic E-state index is 2.53. The van der Waals surface area contributed by atoms with E-state index in [0.717, 1.165) is 12.0 Å². The molecule has 0 saturated carbocycles. The zero-order chi connectivity index (χ0) is 12.3. The van der Waals surface area contributed by atoms with Gasteiger partial charge in [0.1, 0.15) is 0 Å². The van der Waals surface area contributed by atoms with E-state index in [1.807, 2.05) is 27.7 Å². The molecule has 1 aliphatic rings. The summed E-state index contributed by atoms with van der Waals surface area (Å²) in [5.41, 5.74) is 0. The minimum atomic E-state index is 0.862. The van der Waals surface area contributed by atoms with Crippen LogP contribution in [0, 0.1) is 5.92 Å². The van der Waals surface area contributed by atoms with Crippen molar-refractivity contribution in [3.63, 3.8) is 0 Å². The van der Waals surface area contributed by atoms with E-state index < -0.39 is 0 Å². The van der Waals surface area contributed by atoms with E-state index in [4.69, 9.17) is 0 Å². The number of hydrogen-bond acceptors (Lipinski definition) is 1. The van der Waals surface area contributed by atoms with E-state index >= 15 is 0 Å². The minimum absolute atomic E-state index is 0.862. The van der Waals surface area contributed by atoms with Crippen LogP contribution in [-0.4, -0.2) is 24.5 Å². The monoisotopic (exact) mass is 215 g/mol. The molecule has 0 spiro atoms. The van der Waals surface area contributed by atoms with Gasteiger partial charge in [-0.25, -0.2) is 0 Å². The third-order valence-corrected chi connectivity index (χ3v) is 2.66. The van der Waals surface area contributed by atoms with Gasteiger partial charge in [-0.15, -0.1) is 0 Å². The van der Waals surface area contributed by atoms with Crippen LogP contribution in [0.4, 0.5) is 0 Å². The molecule has 1 fully saturated rings. The molecule has 15 heavy (non-hydrogen) atoms. The van der Waals surface area contributed by atoms with Crippen molar-refractivity contribution in [1.82, 2.24) is 4.90 Å². The maximum absolute atomic E-state index is 2.53. The number of rotatable bonds is 2. The Hall–Kier alpha value is -0.0400. The topological polar surface area (TPSA) is 3.24 Å². The van der Waals surface area contributed by atoms with Crippen molar-refractivity contribution in [1.29, 1.82) is 0 Å². The smallest absolute Gasteiger partial charge is 0.00946 e. The second kappa shape index (κ2) is 12.0. The molecule has 0 aromatic heterocycles. The number of hydrogen-bond donors (Lipinski definition) is 0. The largest absolute Gasteiger partial charge is 0.303 e. The molecule has 1 heteroatoms. The number of nitrogens with zero attached hydrogens (tertiary/aromatic N) is 1. The summed E-state index contributed by atoms with van der Waals surface area (Å²) in [7, 11) is 2.27. The van der Waals surface area contributed by atoms with Crippen molar-refractivity contribution in [3.05, 3.63) is 0 Å². The summed E-state index contributed by atoms with van der Waals surface area (Å²) in [6.45, 7) is 14.0. The van der Waals surface area contributed by atoms with Gasteiger partial charge in [-0.1, -0.05) is 48.0 Å². The zero-order valence-corrected chi connectivity index (χ0v) is 12.1. The summed E-state index contributed by atoms with van der Waals surface area (Å²) in [6, 6.07) is 0.878. The van der Waals surface area contributed by atoms with Crippen LogP contribution in [0.5, 0.6) is 0 Å². The van der Waals surface area contributed by atoms with Gasteiger partial charge in [0.05, 0.1) is 0 Å². The van der Waals surface area contributed by atoms with Crippen molar-refractivity contribution in [2.75, 3.05) is 13.6 Å². The molecular formula is C14H33N. The molecule has 1 aliphatic heterocycles. The molecule has 1 rings (SSSR count). The van der Waals surface area contributed by atoms with Crippen LogP contribution < -0.4 is 0 Å². The fourth-order valence-corrected chi connectivity index (χ4v) is 1.99. The Labute approximate surface area is 98.2 Å². The summed E-state index contributed by atoms with van der Waals surface area (Å²) < 4.78 is 0. The minimum Gasteiger partial charge on any atom is -0.303 e. The molecule has 1 nitrogen and oxygen atoms in total. The molecule has 94 valence electrons. The van der Waals surface area contributed by atoms with Gasteiger partial charge in [0.15, 0.2) is 0 Å². The predicted octanol–water partition coefficient (Wildman–Crippen LogP) is 4.57. The molecule has 0 aliphatic carbocycles. The van der Waals surface area contributed by atoms with Crippen LogP contribution in [0.15, 0.2) is 0 Å². The summed E-state index contributed by atoms with van der Waals surface area (Å²) >= 11 is 0. The number of piperidine rings is 1. The van der Waals surface area contributed by atoms with E-state index in [1.54, 1.807) is 0 Å². The Kier molecular flexibility index (Phi) is 13.9. The Morgan fingerprint density at radius 2 is 1.60 bits per heavy atom. The van der Waals surface area contributed by atoms with E-state index in [9.17, 15) is 0 Å². The van der Waals surface area contributed by atoms with Gasteiger partial charge in [-0.3, -0.25) is 0 Å². The van der Waals surface area contributed by atoms with Crippen molar-refractivity contribution in [3.8, 4) is 0 Å². The van der Waals surface area contributed by atoms with Gasteiger partial charge < -0.3 is 4.90 Å². The predicted molar refractivity (Wildman–Crippen MR) is 72.4 cm³/mol. The lowest BCUT2D eigenvalue weighted by Crippen LogP contribution is -2.36. The Morgan fingerprint density at radius 3 is 2.00 bits per heavy atom. The highest BCUT2D eigenvalue weighted by Crippen LogP contribution is 2.20. The quantitative estimate of drug-likeness (QED) is 0.652. The molecule has 0 radical (unpaired) electrons. The van der Waals surface area contributed by atoms with E-state index in [-0.39, 0.29) is 0 Å². The fourth-order valence-electron chi connectivity index (χ4n) is 1.99. The first-order valence-electron chi connectivity index (χ1n) is 6.90. The van der Waals surface area contributed by atoms with E-state index in [0.29, 0.717) is 0 Å². The zero-order valence-electron chi connectivity index (χ0n) is 12.1. The van der Waals surface area contributed by atoms with Gasteiger partial charge in [-0.05, 0) is 38.8 Å². The van der Waals surface area contributed by atoms with Gasteiger partial charge in [0.25, 0.3) is 0 Å². The van der Waals surface area contributed by atoms with Gasteiger partial charge >= 0.3 is 0 Å². The molecule has 0 amide bonds. The van der Waals surface area contributed by atoms with Crippen LogP contribution in [-0.2, 0) is 0 Å². The second-order valence-electron chi connectivity index (χ2n) is 4.26. The lowest BCUT2D eigenvalue weighted by molar-refractivity contribution is 0.163. The fraction of sp³-hybridized carbons (Fsp3) is 1.00. The molecule has 0 N–H and O–H groups in total. The van der Waals surface area contributed by atoms with Gasteiger partial charge in [-0.2, -0.15) is 0 Å². The summed E-state index contributed by atoms with van der Waals surface area (Å²) in [6.07, 6.45) is 5.66. The first-order chi connectivity index (χ1) is 7.20. The Bertz CT molecular complexity index is 110. The van der Waals surface area contributed by atoms with Crippen molar-refractivity contribution >= 4 is 0 Å². The lowest BCUT2D eigenvalue weighted by atomic mass is 9.95. The number of likely N-dealkylation sites (tertiary alicyclic amines) is 1. The molecule has 1 heterocycles. The highest BCUT2D eigenvalue weighted by Gasteiger charge is 2.18. The van der Waals surface area contributed by atoms with Gasteiger partial charge in [0, 0.05) is 6.04 Å². The van der Waals surface area contributed by atoms with Crippen LogP contribution >= 0.6 is 0 Å². The summed E-state index contributed by atoms with van der Waals surface area (Å²) in [5, 5.41) is 0. The molecule has 1 atom stereocenters. The van der Waals surface area contributed by atoms with Crippen LogP contribution in [0.25, 0.3) is 0 Å². The molecular weight excluding hydrogens is 182 g/mol. The first-order valence-corrected chi connectivity index (χ1v) is 6.90. The first kappa shape index (κ1) is 17.4. The highest BCUT2D eigenvalue weighted by molar-refractivity contribution is 4.74. The molecule has 1 saturated heterocycles. The average Bonchev–Trinajstić information content (AvgIpc) is 2.27. The summed E-state index contributed by atoms with van der Waals surface area (Å²) in [5.74, 6) is 0.862. The van der Waals surface area contributed by atoms with E-state index in [2.05, 4.69) is 25.8 Å². The highest BCUT2D eigenvalue weighted by atomic mass is 15.1. The SMILES string of the molecule is CC.CC.CC(C)CC1CCCCN1C. The normalized spacial score (nSPS) is 21.2. The third-order valence-electron chi connectivity index (χ3n) is 2.66.